The summed E-state index contributed by atoms with van der Waals surface area (Å²) in [5, 5.41) is 11.8. The summed E-state index contributed by atoms with van der Waals surface area (Å²) in [5.41, 5.74) is 4.99. The second kappa shape index (κ2) is 17.5. The summed E-state index contributed by atoms with van der Waals surface area (Å²) in [5.74, 6) is 17.2. The van der Waals surface area contributed by atoms with Crippen molar-refractivity contribution in [3.05, 3.63) is 108 Å². The lowest BCUT2D eigenvalue weighted by atomic mass is 10.2. The standard InChI is InChI=1S/C30H36N10/c31-37-28(19-34-16-25-10-4-1-5-11-25)22-40(23-29(38-32)20-35-17-26-12-6-2-7-13-26)24-30(39-33)21-36-18-27-14-8-3-9-15-27/h1-15,19-21H,16-18,22-24,31-33H2. The van der Waals surface area contributed by atoms with Gasteiger partial charge in [0.2, 0.25) is 0 Å². The summed E-state index contributed by atoms with van der Waals surface area (Å²) in [6.45, 7) is 2.61. The number of rotatable bonds is 15. The molecule has 3 aromatic rings. The molecule has 0 saturated heterocycles. The molecule has 10 nitrogen and oxygen atoms in total. The summed E-state index contributed by atoms with van der Waals surface area (Å²) in [4.78, 5) is 15.5. The fraction of sp³-hybridized carbons (Fsp3) is 0.200. The maximum Gasteiger partial charge on any atom is 0.0918 e. The molecule has 6 N–H and O–H groups in total. The van der Waals surface area contributed by atoms with Gasteiger partial charge in [0.25, 0.3) is 0 Å². The molecule has 0 aliphatic rings. The Morgan fingerprint density at radius 1 is 0.475 bits per heavy atom. The number of nitrogens with two attached hydrogens (primary N) is 3. The van der Waals surface area contributed by atoms with Gasteiger partial charge in [-0.2, -0.15) is 15.3 Å². The fourth-order valence-electron chi connectivity index (χ4n) is 3.72. The molecule has 40 heavy (non-hydrogen) atoms. The van der Waals surface area contributed by atoms with Crippen molar-refractivity contribution in [3.63, 3.8) is 0 Å². The second-order valence-electron chi connectivity index (χ2n) is 8.87. The van der Waals surface area contributed by atoms with Crippen molar-refractivity contribution in [2.75, 3.05) is 19.6 Å². The van der Waals surface area contributed by atoms with E-state index >= 15 is 0 Å². The Balaban J connectivity index is 1.70. The van der Waals surface area contributed by atoms with E-state index in [1.165, 1.54) is 0 Å². The van der Waals surface area contributed by atoms with E-state index in [9.17, 15) is 0 Å². The minimum Gasteiger partial charge on any atom is -0.323 e. The number of aliphatic imine (C=N–C) groups is 3. The van der Waals surface area contributed by atoms with Gasteiger partial charge in [0.1, 0.15) is 0 Å². The molecule has 0 atom stereocenters. The lowest BCUT2D eigenvalue weighted by Crippen LogP contribution is -2.40. The quantitative estimate of drug-likeness (QED) is 0.155. The van der Waals surface area contributed by atoms with Crippen LogP contribution < -0.4 is 17.5 Å². The molecule has 0 amide bonds. The third-order valence-corrected chi connectivity index (χ3v) is 5.73. The molecular formula is C30H36N10. The average molecular weight is 537 g/mol. The molecule has 0 aliphatic carbocycles. The van der Waals surface area contributed by atoms with Crippen LogP contribution in [0.1, 0.15) is 16.7 Å². The first-order chi connectivity index (χ1) is 19.7. The lowest BCUT2D eigenvalue weighted by Gasteiger charge is -2.21. The van der Waals surface area contributed by atoms with Crippen LogP contribution in [-0.4, -0.2) is 60.3 Å². The summed E-state index contributed by atoms with van der Waals surface area (Å²) in [6, 6.07) is 29.9. The highest BCUT2D eigenvalue weighted by Gasteiger charge is 2.14. The molecule has 10 heteroatoms. The zero-order chi connectivity index (χ0) is 28.3. The van der Waals surface area contributed by atoms with Gasteiger partial charge in [0.15, 0.2) is 0 Å². The minimum atomic E-state index is 0.353. The summed E-state index contributed by atoms with van der Waals surface area (Å²) < 4.78 is 0. The van der Waals surface area contributed by atoms with Crippen LogP contribution in [0.25, 0.3) is 0 Å². The molecule has 0 aromatic heterocycles. The summed E-state index contributed by atoms with van der Waals surface area (Å²) in [7, 11) is 0. The Morgan fingerprint density at radius 3 is 1.00 bits per heavy atom. The number of nitrogens with zero attached hydrogens (tertiary/aromatic N) is 7. The van der Waals surface area contributed by atoms with E-state index in [0.29, 0.717) is 56.4 Å². The topological polar surface area (TPSA) is 155 Å². The van der Waals surface area contributed by atoms with Crippen LogP contribution >= 0.6 is 0 Å². The van der Waals surface area contributed by atoms with Gasteiger partial charge in [0.05, 0.1) is 36.8 Å². The van der Waals surface area contributed by atoms with E-state index in [0.717, 1.165) is 16.7 Å². The van der Waals surface area contributed by atoms with Gasteiger partial charge in [0, 0.05) is 38.3 Å². The van der Waals surface area contributed by atoms with Crippen LogP contribution in [0, 0.1) is 0 Å². The van der Waals surface area contributed by atoms with E-state index in [-0.39, 0.29) is 0 Å². The number of hydrogen-bond donors (Lipinski definition) is 3. The summed E-state index contributed by atoms with van der Waals surface area (Å²) >= 11 is 0. The third kappa shape index (κ3) is 11.2. The first kappa shape index (κ1) is 29.6. The predicted octanol–water partition coefficient (Wildman–Crippen LogP) is 3.05. The molecule has 0 aliphatic heterocycles. The molecular weight excluding hydrogens is 500 g/mol. The smallest absolute Gasteiger partial charge is 0.0918 e. The SMILES string of the molecule is NN=C(C=NCc1ccccc1)CN(CC(C=NCc1ccccc1)=NN)CC(C=NCc1ccccc1)=NN. The number of benzene rings is 3. The highest BCUT2D eigenvalue weighted by atomic mass is 15.2. The van der Waals surface area contributed by atoms with Crippen molar-refractivity contribution in [2.45, 2.75) is 19.6 Å². The largest absolute Gasteiger partial charge is 0.323 e. The first-order valence-corrected chi connectivity index (χ1v) is 12.8. The molecule has 0 unspecified atom stereocenters. The molecule has 0 radical (unpaired) electrons. The molecule has 0 heterocycles. The Hall–Kier alpha value is -4.96. The molecule has 0 fully saturated rings. The van der Waals surface area contributed by atoms with E-state index in [2.05, 4.69) is 30.3 Å². The average Bonchev–Trinajstić information content (AvgIpc) is 3.00. The first-order valence-electron chi connectivity index (χ1n) is 12.8. The lowest BCUT2D eigenvalue weighted by molar-refractivity contribution is 0.409. The predicted molar refractivity (Wildman–Crippen MR) is 167 cm³/mol. The monoisotopic (exact) mass is 536 g/mol. The Labute approximate surface area is 235 Å². The third-order valence-electron chi connectivity index (χ3n) is 5.73. The molecule has 0 saturated carbocycles. The molecule has 3 aromatic carbocycles. The van der Waals surface area contributed by atoms with E-state index in [1.807, 2.05) is 95.9 Å². The molecule has 206 valence electrons. The van der Waals surface area contributed by atoms with Crippen molar-refractivity contribution < 1.29 is 0 Å². The Kier molecular flexibility index (Phi) is 13.0. The van der Waals surface area contributed by atoms with Gasteiger partial charge >= 0.3 is 0 Å². The van der Waals surface area contributed by atoms with Gasteiger partial charge in [-0.25, -0.2) is 0 Å². The van der Waals surface area contributed by atoms with Gasteiger partial charge in [-0.05, 0) is 16.7 Å². The van der Waals surface area contributed by atoms with Gasteiger partial charge < -0.3 is 17.5 Å². The van der Waals surface area contributed by atoms with Gasteiger partial charge in [-0.15, -0.1) is 0 Å². The zero-order valence-corrected chi connectivity index (χ0v) is 22.5. The van der Waals surface area contributed by atoms with Crippen molar-refractivity contribution in [2.24, 2.45) is 47.8 Å². The fourth-order valence-corrected chi connectivity index (χ4v) is 3.72. The molecule has 3 rings (SSSR count). The molecule has 0 bridgehead atoms. The van der Waals surface area contributed by atoms with E-state index in [4.69, 9.17) is 17.5 Å². The number of hydrogen-bond acceptors (Lipinski definition) is 10. The maximum atomic E-state index is 5.72. The highest BCUT2D eigenvalue weighted by molar-refractivity contribution is 6.34. The van der Waals surface area contributed by atoms with E-state index in [1.54, 1.807) is 18.6 Å². The van der Waals surface area contributed by atoms with Gasteiger partial charge in [-0.3, -0.25) is 19.9 Å². The summed E-state index contributed by atoms with van der Waals surface area (Å²) in [6.07, 6.45) is 5.02. The van der Waals surface area contributed by atoms with Gasteiger partial charge in [-0.1, -0.05) is 91.0 Å². The van der Waals surface area contributed by atoms with Crippen LogP contribution in [0.2, 0.25) is 0 Å². The minimum absolute atomic E-state index is 0.353. The van der Waals surface area contributed by atoms with Crippen LogP contribution in [-0.2, 0) is 19.6 Å². The van der Waals surface area contributed by atoms with Crippen LogP contribution in [0.3, 0.4) is 0 Å². The zero-order valence-electron chi connectivity index (χ0n) is 22.5. The Bertz CT molecular complexity index is 1150. The second-order valence-corrected chi connectivity index (χ2v) is 8.87. The van der Waals surface area contributed by atoms with Crippen LogP contribution in [0.15, 0.2) is 121 Å². The van der Waals surface area contributed by atoms with Crippen molar-refractivity contribution in [3.8, 4) is 0 Å². The number of hydrazone groups is 3. The highest BCUT2D eigenvalue weighted by Crippen LogP contribution is 2.02. The molecule has 0 spiro atoms. The van der Waals surface area contributed by atoms with Crippen LogP contribution in [0.4, 0.5) is 0 Å². The van der Waals surface area contributed by atoms with Crippen LogP contribution in [0.5, 0.6) is 0 Å². The van der Waals surface area contributed by atoms with E-state index < -0.39 is 0 Å². The van der Waals surface area contributed by atoms with Crippen molar-refractivity contribution in [1.82, 2.24) is 4.90 Å². The Morgan fingerprint density at radius 2 is 0.750 bits per heavy atom. The van der Waals surface area contributed by atoms with Crippen molar-refractivity contribution >= 4 is 35.8 Å². The normalized spacial score (nSPS) is 13.3. The maximum absolute atomic E-state index is 5.72. The van der Waals surface area contributed by atoms with Crippen molar-refractivity contribution in [1.29, 1.82) is 0 Å².